The normalized spacial score (nSPS) is 10.8. The van der Waals surface area contributed by atoms with E-state index >= 15 is 0 Å². The van der Waals surface area contributed by atoms with E-state index in [1.54, 1.807) is 13.2 Å². The van der Waals surface area contributed by atoms with Gasteiger partial charge >= 0.3 is 0 Å². The molecule has 1 aromatic carbocycles. The van der Waals surface area contributed by atoms with Crippen LogP contribution in [0.25, 0.3) is 11.0 Å². The molecule has 1 aromatic heterocycles. The van der Waals surface area contributed by atoms with Crippen molar-refractivity contribution in [3.63, 3.8) is 0 Å². The minimum absolute atomic E-state index is 0.653. The average molecular weight is 211 g/mol. The van der Waals surface area contributed by atoms with Crippen molar-refractivity contribution in [3.8, 4) is 5.75 Å². The zero-order chi connectivity index (χ0) is 10.1. The van der Waals surface area contributed by atoms with Gasteiger partial charge in [0.15, 0.2) is 0 Å². The van der Waals surface area contributed by atoms with Crippen LogP contribution in [0.15, 0.2) is 12.1 Å². The molecule has 0 aliphatic heterocycles. The number of hydrogen-bond donors (Lipinski definition) is 1. The number of halogens is 1. The minimum Gasteiger partial charge on any atom is -0.494 e. The van der Waals surface area contributed by atoms with Crippen LogP contribution in [0.4, 0.5) is 0 Å². The monoisotopic (exact) mass is 210 g/mol. The van der Waals surface area contributed by atoms with Crippen molar-refractivity contribution in [1.29, 1.82) is 0 Å². The van der Waals surface area contributed by atoms with Gasteiger partial charge in [-0.2, -0.15) is 0 Å². The van der Waals surface area contributed by atoms with Crippen molar-refractivity contribution >= 4 is 22.6 Å². The van der Waals surface area contributed by atoms with E-state index in [4.69, 9.17) is 16.3 Å². The van der Waals surface area contributed by atoms with Crippen LogP contribution in [-0.4, -0.2) is 17.1 Å². The van der Waals surface area contributed by atoms with Crippen molar-refractivity contribution in [2.24, 2.45) is 0 Å². The first-order chi connectivity index (χ1) is 6.74. The van der Waals surface area contributed by atoms with Gasteiger partial charge in [-0.15, -0.1) is 0 Å². The molecule has 2 aromatic rings. The summed E-state index contributed by atoms with van der Waals surface area (Å²) in [7, 11) is 1.62. The van der Waals surface area contributed by atoms with Gasteiger partial charge in [0, 0.05) is 17.5 Å². The molecular formula is C10H11ClN2O. The van der Waals surface area contributed by atoms with Gasteiger partial charge < -0.3 is 9.72 Å². The molecule has 1 heterocycles. The minimum atomic E-state index is 0.653. The number of aromatic nitrogens is 2. The lowest BCUT2D eigenvalue weighted by Crippen LogP contribution is -1.84. The van der Waals surface area contributed by atoms with Crippen LogP contribution in [0.1, 0.15) is 12.7 Å². The third kappa shape index (κ3) is 1.44. The lowest BCUT2D eigenvalue weighted by atomic mass is 10.3. The molecule has 0 aliphatic rings. The molecule has 0 bridgehead atoms. The average Bonchev–Trinajstić information content (AvgIpc) is 2.59. The molecule has 0 saturated carbocycles. The van der Waals surface area contributed by atoms with Crippen molar-refractivity contribution in [2.75, 3.05) is 7.11 Å². The van der Waals surface area contributed by atoms with Crippen molar-refractivity contribution < 1.29 is 4.74 Å². The largest absolute Gasteiger partial charge is 0.494 e. The number of H-pyrrole nitrogens is 1. The van der Waals surface area contributed by atoms with E-state index in [9.17, 15) is 0 Å². The molecule has 0 saturated heterocycles. The number of fused-ring (bicyclic) bond motifs is 1. The predicted molar refractivity (Wildman–Crippen MR) is 57.0 cm³/mol. The molecule has 1 N–H and O–H groups in total. The third-order valence-corrected chi connectivity index (χ3v) is 2.34. The summed E-state index contributed by atoms with van der Waals surface area (Å²) >= 11 is 5.93. The molecule has 4 heteroatoms. The van der Waals surface area contributed by atoms with Crippen molar-refractivity contribution in [3.05, 3.63) is 23.0 Å². The maximum absolute atomic E-state index is 5.93. The maximum Gasteiger partial charge on any atom is 0.148 e. The molecule has 2 rings (SSSR count). The van der Waals surface area contributed by atoms with E-state index in [1.165, 1.54) is 0 Å². The van der Waals surface area contributed by atoms with Crippen LogP contribution in [0.3, 0.4) is 0 Å². The number of ether oxygens (including phenoxy) is 1. The summed E-state index contributed by atoms with van der Waals surface area (Å²) in [5.41, 5.74) is 1.76. The van der Waals surface area contributed by atoms with Gasteiger partial charge in [-0.05, 0) is 6.07 Å². The van der Waals surface area contributed by atoms with Gasteiger partial charge in [0.2, 0.25) is 0 Å². The standard InChI is InChI=1S/C10H11ClN2O/c1-3-9-12-7-4-6(11)5-8(14-2)10(7)13-9/h4-5H,3H2,1-2H3,(H,12,13). The zero-order valence-corrected chi connectivity index (χ0v) is 8.85. The lowest BCUT2D eigenvalue weighted by molar-refractivity contribution is 0.419. The van der Waals surface area contributed by atoms with Crippen LogP contribution < -0.4 is 4.74 Å². The van der Waals surface area contributed by atoms with Crippen LogP contribution >= 0.6 is 11.6 Å². The molecule has 74 valence electrons. The first-order valence-corrected chi connectivity index (χ1v) is 4.84. The Morgan fingerprint density at radius 1 is 1.50 bits per heavy atom. The second-order valence-corrected chi connectivity index (χ2v) is 3.48. The number of rotatable bonds is 2. The Hall–Kier alpha value is -1.22. The van der Waals surface area contributed by atoms with E-state index in [1.807, 2.05) is 13.0 Å². The molecule has 0 unspecified atom stereocenters. The quantitative estimate of drug-likeness (QED) is 0.828. The predicted octanol–water partition coefficient (Wildman–Crippen LogP) is 2.79. The molecule has 0 spiro atoms. The molecule has 0 radical (unpaired) electrons. The first-order valence-electron chi connectivity index (χ1n) is 4.46. The number of nitrogens with zero attached hydrogens (tertiary/aromatic N) is 1. The Labute approximate surface area is 87.1 Å². The Morgan fingerprint density at radius 3 is 2.93 bits per heavy atom. The van der Waals surface area contributed by atoms with E-state index in [0.29, 0.717) is 10.8 Å². The van der Waals surface area contributed by atoms with Gasteiger partial charge in [0.1, 0.15) is 17.1 Å². The van der Waals surface area contributed by atoms with Crippen molar-refractivity contribution in [2.45, 2.75) is 13.3 Å². The summed E-state index contributed by atoms with van der Waals surface area (Å²) in [5.74, 6) is 1.66. The Kier molecular flexibility index (Phi) is 2.33. The highest BCUT2D eigenvalue weighted by Gasteiger charge is 2.08. The van der Waals surface area contributed by atoms with Crippen LogP contribution in [-0.2, 0) is 6.42 Å². The number of aromatic amines is 1. The first kappa shape index (κ1) is 9.34. The smallest absolute Gasteiger partial charge is 0.148 e. The Balaban J connectivity index is 2.71. The second-order valence-electron chi connectivity index (χ2n) is 3.04. The highest BCUT2D eigenvalue weighted by atomic mass is 35.5. The fraction of sp³-hybridized carbons (Fsp3) is 0.300. The molecular weight excluding hydrogens is 200 g/mol. The second kappa shape index (κ2) is 3.50. The summed E-state index contributed by atoms with van der Waals surface area (Å²) in [6.07, 6.45) is 0.870. The summed E-state index contributed by atoms with van der Waals surface area (Å²) in [4.78, 5) is 7.59. The number of nitrogens with one attached hydrogen (secondary N) is 1. The lowest BCUT2D eigenvalue weighted by Gasteiger charge is -2.00. The molecule has 0 atom stereocenters. The summed E-state index contributed by atoms with van der Waals surface area (Å²) in [6, 6.07) is 3.62. The van der Waals surface area contributed by atoms with Gasteiger partial charge in [-0.3, -0.25) is 0 Å². The van der Waals surface area contributed by atoms with Gasteiger partial charge in [0.05, 0.1) is 12.6 Å². The molecule has 14 heavy (non-hydrogen) atoms. The highest BCUT2D eigenvalue weighted by molar-refractivity contribution is 6.31. The van der Waals surface area contributed by atoms with E-state index in [0.717, 1.165) is 23.3 Å². The number of benzene rings is 1. The number of hydrogen-bond acceptors (Lipinski definition) is 2. The highest BCUT2D eigenvalue weighted by Crippen LogP contribution is 2.28. The van der Waals surface area contributed by atoms with Crippen molar-refractivity contribution in [1.82, 2.24) is 9.97 Å². The van der Waals surface area contributed by atoms with Gasteiger partial charge in [0.25, 0.3) is 0 Å². The maximum atomic E-state index is 5.93. The summed E-state index contributed by atoms with van der Waals surface area (Å²) in [6.45, 7) is 2.05. The van der Waals surface area contributed by atoms with E-state index in [2.05, 4.69) is 9.97 Å². The van der Waals surface area contributed by atoms with Crippen LogP contribution in [0.2, 0.25) is 5.02 Å². The van der Waals surface area contributed by atoms with Gasteiger partial charge in [-0.25, -0.2) is 4.98 Å². The third-order valence-electron chi connectivity index (χ3n) is 2.12. The fourth-order valence-corrected chi connectivity index (χ4v) is 1.63. The number of aryl methyl sites for hydroxylation is 1. The summed E-state index contributed by atoms with van der Waals surface area (Å²) < 4.78 is 5.20. The Morgan fingerprint density at radius 2 is 2.29 bits per heavy atom. The van der Waals surface area contributed by atoms with E-state index < -0.39 is 0 Å². The topological polar surface area (TPSA) is 37.9 Å². The number of methoxy groups -OCH3 is 1. The SMILES string of the molecule is CCc1nc2c(OC)cc(Cl)cc2[nH]1. The van der Waals surface area contributed by atoms with Gasteiger partial charge in [-0.1, -0.05) is 18.5 Å². The van der Waals surface area contributed by atoms with Crippen LogP contribution in [0, 0.1) is 0 Å². The molecule has 0 fully saturated rings. The van der Waals surface area contributed by atoms with Crippen LogP contribution in [0.5, 0.6) is 5.75 Å². The summed E-state index contributed by atoms with van der Waals surface area (Å²) in [5, 5.41) is 0.653. The zero-order valence-electron chi connectivity index (χ0n) is 8.10. The molecule has 0 amide bonds. The van der Waals surface area contributed by atoms with E-state index in [-0.39, 0.29) is 0 Å². The Bertz CT molecular complexity index is 464. The molecule has 0 aliphatic carbocycles. The molecule has 3 nitrogen and oxygen atoms in total. The fourth-order valence-electron chi connectivity index (χ4n) is 1.43. The number of imidazole rings is 1.